The van der Waals surface area contributed by atoms with Crippen LogP contribution < -0.4 is 10.6 Å². The first-order valence-electron chi connectivity index (χ1n) is 9.12. The third-order valence-electron chi connectivity index (χ3n) is 4.46. The van der Waals surface area contributed by atoms with Crippen LogP contribution in [-0.4, -0.2) is 58.0 Å². The number of amides is 2. The lowest BCUT2D eigenvalue weighted by molar-refractivity contribution is -0.222. The van der Waals surface area contributed by atoms with Crippen LogP contribution in [0.4, 0.5) is 4.39 Å². The second kappa shape index (κ2) is 8.73. The molecule has 0 unspecified atom stereocenters. The van der Waals surface area contributed by atoms with Crippen LogP contribution in [0.2, 0.25) is 5.02 Å². The highest BCUT2D eigenvalue weighted by molar-refractivity contribution is 6.31. The van der Waals surface area contributed by atoms with E-state index in [0.29, 0.717) is 25.9 Å². The van der Waals surface area contributed by atoms with Crippen molar-refractivity contribution in [3.05, 3.63) is 34.6 Å². The Kier molecular flexibility index (Phi) is 7.03. The van der Waals surface area contributed by atoms with Crippen molar-refractivity contribution < 1.29 is 24.2 Å². The minimum atomic E-state index is -2.45. The van der Waals surface area contributed by atoms with Crippen LogP contribution in [0, 0.1) is 11.7 Å². The number of rotatable bonds is 5. The first-order chi connectivity index (χ1) is 12.9. The van der Waals surface area contributed by atoms with Gasteiger partial charge in [0.05, 0.1) is 6.54 Å². The number of carbonyl (C=O) groups is 2. The second-order valence-electron chi connectivity index (χ2n) is 8.19. The van der Waals surface area contributed by atoms with Crippen LogP contribution in [-0.2, 0) is 4.79 Å². The Labute approximate surface area is 168 Å². The summed E-state index contributed by atoms with van der Waals surface area (Å²) in [4.78, 5) is 26.2. The molecule has 1 aliphatic heterocycles. The van der Waals surface area contributed by atoms with Gasteiger partial charge in [-0.1, -0.05) is 11.6 Å². The molecule has 1 aromatic rings. The first kappa shape index (κ1) is 22.5. The minimum Gasteiger partial charge on any atom is -0.350 e. The van der Waals surface area contributed by atoms with Crippen molar-refractivity contribution in [3.8, 4) is 0 Å². The zero-order chi connectivity index (χ0) is 21.1. The standard InChI is InChI=1S/C19H27ClFN3O4/c1-18(2,3)22-16(25)11-24-6-4-13(5-7-24)19(27,28)23-17(26)12-8-14(20)10-15(21)9-12/h8-10,13,27-28H,4-7,11H2,1-3H3,(H,22,25)(H,23,26). The Bertz CT molecular complexity index is 708. The van der Waals surface area contributed by atoms with E-state index in [-0.39, 0.29) is 28.6 Å². The minimum absolute atomic E-state index is 0.0356. The molecule has 0 aromatic heterocycles. The summed E-state index contributed by atoms with van der Waals surface area (Å²) in [5.74, 6) is -4.70. The lowest BCUT2D eigenvalue weighted by atomic mass is 9.92. The number of nitrogens with one attached hydrogen (secondary N) is 2. The van der Waals surface area contributed by atoms with Crippen molar-refractivity contribution in [1.82, 2.24) is 15.5 Å². The summed E-state index contributed by atoms with van der Waals surface area (Å²) in [5.41, 5.74) is -0.418. The van der Waals surface area contributed by atoms with Gasteiger partial charge in [-0.2, -0.15) is 0 Å². The quantitative estimate of drug-likeness (QED) is 0.545. The Morgan fingerprint density at radius 1 is 1.18 bits per heavy atom. The van der Waals surface area contributed by atoms with Gasteiger partial charge in [-0.15, -0.1) is 0 Å². The molecule has 156 valence electrons. The third-order valence-corrected chi connectivity index (χ3v) is 4.68. The maximum absolute atomic E-state index is 13.4. The molecular weight excluding hydrogens is 389 g/mol. The number of carbonyl (C=O) groups excluding carboxylic acids is 2. The number of hydrogen-bond acceptors (Lipinski definition) is 5. The fourth-order valence-corrected chi connectivity index (χ4v) is 3.40. The fraction of sp³-hybridized carbons (Fsp3) is 0.579. The van der Waals surface area contributed by atoms with Gasteiger partial charge < -0.3 is 20.8 Å². The molecule has 0 bridgehead atoms. The number of benzene rings is 1. The number of nitrogens with zero attached hydrogens (tertiary/aromatic N) is 1. The summed E-state index contributed by atoms with van der Waals surface area (Å²) >= 11 is 5.73. The number of aliphatic hydroxyl groups is 2. The molecule has 1 heterocycles. The van der Waals surface area contributed by atoms with Gasteiger partial charge in [-0.25, -0.2) is 4.39 Å². The molecule has 2 amide bonds. The average molecular weight is 416 g/mol. The van der Waals surface area contributed by atoms with E-state index >= 15 is 0 Å². The van der Waals surface area contributed by atoms with Crippen molar-refractivity contribution in [2.24, 2.45) is 5.92 Å². The molecule has 0 aliphatic carbocycles. The highest BCUT2D eigenvalue weighted by Crippen LogP contribution is 2.26. The second-order valence-corrected chi connectivity index (χ2v) is 8.62. The van der Waals surface area contributed by atoms with Crippen molar-refractivity contribution in [2.45, 2.75) is 45.1 Å². The smallest absolute Gasteiger partial charge is 0.255 e. The van der Waals surface area contributed by atoms with E-state index in [2.05, 4.69) is 10.6 Å². The van der Waals surface area contributed by atoms with Crippen LogP contribution in [0.3, 0.4) is 0 Å². The van der Waals surface area contributed by atoms with Gasteiger partial charge in [0.15, 0.2) is 0 Å². The zero-order valence-electron chi connectivity index (χ0n) is 16.3. The molecule has 1 aromatic carbocycles. The number of halogens is 2. The maximum Gasteiger partial charge on any atom is 0.255 e. The molecule has 0 radical (unpaired) electrons. The summed E-state index contributed by atoms with van der Waals surface area (Å²) in [5, 5.41) is 25.7. The summed E-state index contributed by atoms with van der Waals surface area (Å²) in [6.45, 7) is 6.88. The molecule has 28 heavy (non-hydrogen) atoms. The van der Waals surface area contributed by atoms with Crippen molar-refractivity contribution in [2.75, 3.05) is 19.6 Å². The van der Waals surface area contributed by atoms with Crippen LogP contribution in [0.15, 0.2) is 18.2 Å². The van der Waals surface area contributed by atoms with Crippen LogP contribution in [0.1, 0.15) is 44.0 Å². The average Bonchev–Trinajstić information content (AvgIpc) is 2.52. The molecule has 0 saturated carbocycles. The predicted octanol–water partition coefficient (Wildman–Crippen LogP) is 1.47. The van der Waals surface area contributed by atoms with E-state index in [9.17, 15) is 24.2 Å². The van der Waals surface area contributed by atoms with Crippen molar-refractivity contribution in [3.63, 3.8) is 0 Å². The van der Waals surface area contributed by atoms with Gasteiger partial charge in [0, 0.05) is 22.0 Å². The molecule has 1 saturated heterocycles. The Morgan fingerprint density at radius 3 is 2.32 bits per heavy atom. The van der Waals surface area contributed by atoms with Gasteiger partial charge in [0.2, 0.25) is 11.8 Å². The first-order valence-corrected chi connectivity index (χ1v) is 9.50. The van der Waals surface area contributed by atoms with Gasteiger partial charge in [0.25, 0.3) is 5.91 Å². The Morgan fingerprint density at radius 2 is 1.79 bits per heavy atom. The van der Waals surface area contributed by atoms with Gasteiger partial charge in [-0.3, -0.25) is 14.5 Å². The highest BCUT2D eigenvalue weighted by atomic mass is 35.5. The molecule has 4 N–H and O–H groups in total. The SMILES string of the molecule is CC(C)(C)NC(=O)CN1CCC(C(O)(O)NC(=O)c2cc(F)cc(Cl)c2)CC1. The Balaban J connectivity index is 1.90. The molecular formula is C19H27ClFN3O4. The van der Waals surface area contributed by atoms with Crippen LogP contribution >= 0.6 is 11.6 Å². The monoisotopic (exact) mass is 415 g/mol. The topological polar surface area (TPSA) is 102 Å². The number of likely N-dealkylation sites (tertiary alicyclic amines) is 1. The molecule has 0 atom stereocenters. The van der Waals surface area contributed by atoms with E-state index in [4.69, 9.17) is 11.6 Å². The van der Waals surface area contributed by atoms with E-state index in [1.165, 1.54) is 6.07 Å². The molecule has 9 heteroatoms. The number of piperidine rings is 1. The van der Waals surface area contributed by atoms with E-state index in [1.807, 2.05) is 25.7 Å². The molecule has 0 spiro atoms. The van der Waals surface area contributed by atoms with Crippen molar-refractivity contribution >= 4 is 23.4 Å². The van der Waals surface area contributed by atoms with Gasteiger partial charge >= 0.3 is 0 Å². The highest BCUT2D eigenvalue weighted by Gasteiger charge is 2.39. The molecule has 1 aliphatic rings. The summed E-state index contributed by atoms with van der Waals surface area (Å²) in [6, 6.07) is 3.26. The molecule has 7 nitrogen and oxygen atoms in total. The Hall–Kier alpha value is -1.74. The van der Waals surface area contributed by atoms with Crippen molar-refractivity contribution in [1.29, 1.82) is 0 Å². The lowest BCUT2D eigenvalue weighted by Gasteiger charge is -2.38. The molecule has 2 rings (SSSR count). The third kappa shape index (κ3) is 6.70. The van der Waals surface area contributed by atoms with E-state index < -0.39 is 23.6 Å². The normalized spacial score (nSPS) is 16.7. The lowest BCUT2D eigenvalue weighted by Crippen LogP contribution is -2.57. The number of hydrogen-bond donors (Lipinski definition) is 4. The fourth-order valence-electron chi connectivity index (χ4n) is 3.18. The van der Waals surface area contributed by atoms with E-state index in [0.717, 1.165) is 12.1 Å². The molecule has 1 fully saturated rings. The predicted molar refractivity (Wildman–Crippen MR) is 103 cm³/mol. The zero-order valence-corrected chi connectivity index (χ0v) is 17.0. The van der Waals surface area contributed by atoms with E-state index in [1.54, 1.807) is 0 Å². The van der Waals surface area contributed by atoms with Crippen LogP contribution in [0.25, 0.3) is 0 Å². The van der Waals surface area contributed by atoms with Crippen LogP contribution in [0.5, 0.6) is 0 Å². The van der Waals surface area contributed by atoms with Gasteiger partial charge in [-0.05, 0) is 64.9 Å². The van der Waals surface area contributed by atoms with Gasteiger partial charge in [0.1, 0.15) is 5.82 Å². The largest absolute Gasteiger partial charge is 0.350 e. The summed E-state index contributed by atoms with van der Waals surface area (Å²) in [6.07, 6.45) is 0.750. The maximum atomic E-state index is 13.4. The summed E-state index contributed by atoms with van der Waals surface area (Å²) < 4.78 is 13.4. The summed E-state index contributed by atoms with van der Waals surface area (Å²) in [7, 11) is 0.